The van der Waals surface area contributed by atoms with E-state index in [9.17, 15) is 4.79 Å². The van der Waals surface area contributed by atoms with Crippen LogP contribution in [0.5, 0.6) is 0 Å². The molecule has 1 aromatic heterocycles. The molecule has 0 bridgehead atoms. The van der Waals surface area contributed by atoms with Crippen molar-refractivity contribution < 1.29 is 9.32 Å². The van der Waals surface area contributed by atoms with Crippen molar-refractivity contribution in [2.75, 3.05) is 11.9 Å². The first-order chi connectivity index (χ1) is 7.69. The van der Waals surface area contributed by atoms with Gasteiger partial charge in [0.1, 0.15) is 11.3 Å². The van der Waals surface area contributed by atoms with Crippen LogP contribution < -0.4 is 5.32 Å². The fourth-order valence-corrected chi connectivity index (χ4v) is 2.10. The zero-order valence-corrected chi connectivity index (χ0v) is 11.2. The number of carbonyl (C=O) groups is 1. The summed E-state index contributed by atoms with van der Waals surface area (Å²) in [5, 5.41) is 7.45. The number of rotatable bonds is 6. The number of nitrogens with zero attached hydrogens (tertiary/aromatic N) is 1. The summed E-state index contributed by atoms with van der Waals surface area (Å²) in [5.74, 6) is 0.973. The molecule has 0 aliphatic rings. The van der Waals surface area contributed by atoms with Crippen molar-refractivity contribution in [1.29, 1.82) is 0 Å². The fraction of sp³-hybridized carbons (Fsp3) is 0.636. The summed E-state index contributed by atoms with van der Waals surface area (Å²) in [6, 6.07) is 0. The van der Waals surface area contributed by atoms with E-state index < -0.39 is 0 Å². The largest absolute Gasteiger partial charge is 0.361 e. The van der Waals surface area contributed by atoms with Crippen LogP contribution in [-0.4, -0.2) is 22.9 Å². The van der Waals surface area contributed by atoms with Gasteiger partial charge >= 0.3 is 0 Å². The van der Waals surface area contributed by atoms with Crippen LogP contribution in [0.15, 0.2) is 10.7 Å². The lowest BCUT2D eigenvalue weighted by atomic mass is 10.0. The average Bonchev–Trinajstić information content (AvgIpc) is 2.70. The number of aromatic nitrogens is 1. The molecule has 0 saturated heterocycles. The van der Waals surface area contributed by atoms with E-state index >= 15 is 0 Å². The van der Waals surface area contributed by atoms with Crippen LogP contribution in [0.1, 0.15) is 35.9 Å². The van der Waals surface area contributed by atoms with Crippen LogP contribution in [0.25, 0.3) is 0 Å². The van der Waals surface area contributed by atoms with Crippen molar-refractivity contribution in [3.8, 4) is 0 Å². The van der Waals surface area contributed by atoms with Gasteiger partial charge in [0.2, 0.25) is 0 Å². The molecule has 1 heterocycles. The summed E-state index contributed by atoms with van der Waals surface area (Å²) in [4.78, 5) is 11.7. The Kier molecular flexibility index (Phi) is 5.52. The fourth-order valence-electron chi connectivity index (χ4n) is 1.45. The standard InChI is InChI=1S/C11H17BrN2O2/c1-3-9(4-5-12)6-13-11(15)10-7-14-16-8(10)2/h7,9H,3-6H2,1-2H3,(H,13,15). The van der Waals surface area contributed by atoms with E-state index in [1.807, 2.05) is 0 Å². The molecule has 4 nitrogen and oxygen atoms in total. The molecule has 0 aliphatic heterocycles. The third-order valence-electron chi connectivity index (χ3n) is 2.64. The van der Waals surface area contributed by atoms with Gasteiger partial charge in [-0.2, -0.15) is 0 Å². The third kappa shape index (κ3) is 3.63. The molecule has 1 rings (SSSR count). The summed E-state index contributed by atoms with van der Waals surface area (Å²) in [6.45, 7) is 4.56. The highest BCUT2D eigenvalue weighted by Gasteiger charge is 2.14. The van der Waals surface area contributed by atoms with Crippen molar-refractivity contribution in [3.63, 3.8) is 0 Å². The molecule has 0 aromatic carbocycles. The van der Waals surface area contributed by atoms with Gasteiger partial charge in [0.25, 0.3) is 5.91 Å². The van der Waals surface area contributed by atoms with E-state index in [0.29, 0.717) is 23.8 Å². The van der Waals surface area contributed by atoms with Crippen molar-refractivity contribution in [1.82, 2.24) is 10.5 Å². The van der Waals surface area contributed by atoms with Gasteiger partial charge in [-0.3, -0.25) is 4.79 Å². The molecule has 0 spiro atoms. The van der Waals surface area contributed by atoms with Gasteiger partial charge in [-0.05, 0) is 19.3 Å². The molecule has 0 fully saturated rings. The molecule has 1 N–H and O–H groups in total. The minimum Gasteiger partial charge on any atom is -0.361 e. The average molecular weight is 289 g/mol. The summed E-state index contributed by atoms with van der Waals surface area (Å²) in [6.07, 6.45) is 3.59. The van der Waals surface area contributed by atoms with E-state index in [1.165, 1.54) is 6.20 Å². The van der Waals surface area contributed by atoms with E-state index in [-0.39, 0.29) is 5.91 Å². The number of alkyl halides is 1. The second-order valence-electron chi connectivity index (χ2n) is 3.76. The maximum atomic E-state index is 11.7. The lowest BCUT2D eigenvalue weighted by Crippen LogP contribution is -2.29. The van der Waals surface area contributed by atoms with E-state index in [2.05, 4.69) is 33.3 Å². The van der Waals surface area contributed by atoms with Crippen molar-refractivity contribution in [2.24, 2.45) is 5.92 Å². The number of hydrogen-bond acceptors (Lipinski definition) is 3. The lowest BCUT2D eigenvalue weighted by molar-refractivity contribution is 0.0945. The maximum Gasteiger partial charge on any atom is 0.256 e. The molecule has 1 amide bonds. The number of aryl methyl sites for hydroxylation is 1. The zero-order valence-electron chi connectivity index (χ0n) is 9.62. The number of amides is 1. The summed E-state index contributed by atoms with van der Waals surface area (Å²) < 4.78 is 4.85. The van der Waals surface area contributed by atoms with Crippen molar-refractivity contribution in [3.05, 3.63) is 17.5 Å². The second-order valence-corrected chi connectivity index (χ2v) is 4.55. The highest BCUT2D eigenvalue weighted by atomic mass is 79.9. The highest BCUT2D eigenvalue weighted by molar-refractivity contribution is 9.09. The predicted molar refractivity (Wildman–Crippen MR) is 65.8 cm³/mol. The molecule has 1 atom stereocenters. The van der Waals surface area contributed by atoms with Gasteiger partial charge in [0.05, 0.1) is 6.20 Å². The Hall–Kier alpha value is -0.840. The first-order valence-corrected chi connectivity index (χ1v) is 6.56. The smallest absolute Gasteiger partial charge is 0.256 e. The zero-order chi connectivity index (χ0) is 12.0. The minimum absolute atomic E-state index is 0.105. The summed E-state index contributed by atoms with van der Waals surface area (Å²) >= 11 is 3.41. The van der Waals surface area contributed by atoms with Crippen LogP contribution in [0.3, 0.4) is 0 Å². The van der Waals surface area contributed by atoms with Crippen LogP contribution in [-0.2, 0) is 0 Å². The van der Waals surface area contributed by atoms with Crippen LogP contribution in [0.4, 0.5) is 0 Å². The molecule has 0 saturated carbocycles. The SMILES string of the molecule is CCC(CCBr)CNC(=O)c1cnoc1C. The molecule has 16 heavy (non-hydrogen) atoms. The van der Waals surface area contributed by atoms with Gasteiger partial charge in [-0.1, -0.05) is 34.4 Å². The molecular weight excluding hydrogens is 272 g/mol. The van der Waals surface area contributed by atoms with Gasteiger partial charge in [-0.25, -0.2) is 0 Å². The Morgan fingerprint density at radius 3 is 2.94 bits per heavy atom. The predicted octanol–water partition coefficient (Wildman–Crippen LogP) is 2.52. The lowest BCUT2D eigenvalue weighted by Gasteiger charge is -2.13. The van der Waals surface area contributed by atoms with E-state index in [0.717, 1.165) is 18.2 Å². The summed E-state index contributed by atoms with van der Waals surface area (Å²) in [7, 11) is 0. The van der Waals surface area contributed by atoms with Crippen molar-refractivity contribution in [2.45, 2.75) is 26.7 Å². The Morgan fingerprint density at radius 2 is 2.44 bits per heavy atom. The maximum absolute atomic E-state index is 11.7. The van der Waals surface area contributed by atoms with Gasteiger partial charge < -0.3 is 9.84 Å². The number of carbonyl (C=O) groups excluding carboxylic acids is 1. The van der Waals surface area contributed by atoms with Gasteiger partial charge in [0.15, 0.2) is 0 Å². The highest BCUT2D eigenvalue weighted by Crippen LogP contribution is 2.10. The van der Waals surface area contributed by atoms with Crippen molar-refractivity contribution >= 4 is 21.8 Å². The number of halogens is 1. The number of nitrogens with one attached hydrogen (secondary N) is 1. The monoisotopic (exact) mass is 288 g/mol. The normalized spacial score (nSPS) is 12.4. The first-order valence-electron chi connectivity index (χ1n) is 5.44. The Morgan fingerprint density at radius 1 is 1.69 bits per heavy atom. The molecule has 90 valence electrons. The van der Waals surface area contributed by atoms with Gasteiger partial charge in [-0.15, -0.1) is 0 Å². The third-order valence-corrected chi connectivity index (χ3v) is 3.10. The second kappa shape index (κ2) is 6.68. The van der Waals surface area contributed by atoms with Crippen LogP contribution in [0.2, 0.25) is 0 Å². The van der Waals surface area contributed by atoms with E-state index in [1.54, 1.807) is 6.92 Å². The van der Waals surface area contributed by atoms with Crippen LogP contribution in [0, 0.1) is 12.8 Å². The molecule has 1 aromatic rings. The quantitative estimate of drug-likeness (QED) is 0.819. The molecule has 0 aliphatic carbocycles. The first kappa shape index (κ1) is 13.2. The Balaban J connectivity index is 2.43. The topological polar surface area (TPSA) is 55.1 Å². The summed E-state index contributed by atoms with van der Waals surface area (Å²) in [5.41, 5.74) is 0.522. The molecular formula is C11H17BrN2O2. The van der Waals surface area contributed by atoms with Gasteiger partial charge in [0, 0.05) is 11.9 Å². The Bertz CT molecular complexity index is 338. The molecule has 0 radical (unpaired) electrons. The Labute approximate surface area is 104 Å². The molecule has 1 unspecified atom stereocenters. The number of hydrogen-bond donors (Lipinski definition) is 1. The van der Waals surface area contributed by atoms with E-state index in [4.69, 9.17) is 4.52 Å². The minimum atomic E-state index is -0.105. The molecule has 5 heteroatoms. The van der Waals surface area contributed by atoms with Crippen LogP contribution >= 0.6 is 15.9 Å².